The fraction of sp³-hybridized carbons (Fsp3) is 0.417. The average Bonchev–Trinajstić information content (AvgIpc) is 3.91. The van der Waals surface area contributed by atoms with Gasteiger partial charge in [0.05, 0.1) is 37.1 Å². The molecule has 328 valence electrons. The monoisotopic (exact) mass is 874 g/mol. The van der Waals surface area contributed by atoms with Crippen LogP contribution < -0.4 is 29.0 Å². The highest BCUT2D eigenvalue weighted by Crippen LogP contribution is 2.64. The first-order valence-corrected chi connectivity index (χ1v) is 22.6. The number of carbonyl (C=O) groups excluding carboxylic acids is 2. The van der Waals surface area contributed by atoms with E-state index in [4.69, 9.17) is 28.4 Å². The van der Waals surface area contributed by atoms with Gasteiger partial charge in [0.15, 0.2) is 28.8 Å². The van der Waals surface area contributed by atoms with Crippen LogP contribution in [0.15, 0.2) is 54.6 Å². The Morgan fingerprint density at radius 2 is 1.86 bits per heavy atom. The molecule has 63 heavy (non-hydrogen) atoms. The molecular weight excluding hydrogens is 825 g/mol. The lowest BCUT2D eigenvalue weighted by Crippen LogP contribution is -2.69. The molecule has 1 aromatic heterocycles. The predicted octanol–water partition coefficient (Wildman–Crippen LogP) is 5.80. The Balaban J connectivity index is 1.10. The summed E-state index contributed by atoms with van der Waals surface area (Å²) in [5.41, 5.74) is 7.02. The molecular formula is C48H50N4O10S. The molecule has 14 nitrogen and oxygen atoms in total. The van der Waals surface area contributed by atoms with Crippen LogP contribution in [0.2, 0.25) is 0 Å². The van der Waals surface area contributed by atoms with Gasteiger partial charge in [-0.3, -0.25) is 24.7 Å². The van der Waals surface area contributed by atoms with Crippen molar-refractivity contribution in [3.63, 3.8) is 0 Å². The molecule has 7 aliphatic heterocycles. The third-order valence-corrected chi connectivity index (χ3v) is 15.7. The molecule has 1 spiro atoms. The largest absolute Gasteiger partial charge is 0.504 e. The molecule has 1 unspecified atom stereocenters. The number of phenols is 1. The normalized spacial score (nSPS) is 27.3. The van der Waals surface area contributed by atoms with Crippen LogP contribution in [0.5, 0.6) is 34.5 Å². The molecule has 2 fully saturated rings. The van der Waals surface area contributed by atoms with E-state index in [1.165, 1.54) is 6.92 Å². The van der Waals surface area contributed by atoms with Gasteiger partial charge in [-0.05, 0) is 74.2 Å². The molecule has 4 bridgehead atoms. The fourth-order valence-electron chi connectivity index (χ4n) is 11.5. The topological polar surface area (TPSA) is 164 Å². The van der Waals surface area contributed by atoms with Crippen LogP contribution in [0.1, 0.15) is 74.5 Å². The number of piperazine rings is 1. The van der Waals surface area contributed by atoms with Crippen molar-refractivity contribution in [2.75, 3.05) is 46.5 Å². The minimum Gasteiger partial charge on any atom is -0.504 e. The van der Waals surface area contributed by atoms with Crippen LogP contribution >= 0.6 is 11.8 Å². The summed E-state index contributed by atoms with van der Waals surface area (Å²) < 4.78 is 37.3. The number of H-pyrrole nitrogens is 1. The third-order valence-electron chi connectivity index (χ3n) is 14.2. The zero-order chi connectivity index (χ0) is 43.5. The van der Waals surface area contributed by atoms with E-state index in [1.807, 2.05) is 63.4 Å². The van der Waals surface area contributed by atoms with E-state index in [0.29, 0.717) is 65.7 Å². The number of ether oxygens (including phenoxy) is 6. The lowest BCUT2D eigenvalue weighted by molar-refractivity contribution is -0.181. The first-order valence-electron chi connectivity index (χ1n) is 21.5. The number of aromatic amines is 1. The number of ketones is 1. The number of phenolic OH excluding ortho intramolecular Hbond substituents is 1. The summed E-state index contributed by atoms with van der Waals surface area (Å²) in [5.74, 6) is 2.12. The number of fused-ring (bicyclic) bond motifs is 12. The van der Waals surface area contributed by atoms with E-state index in [9.17, 15) is 15.0 Å². The minimum absolute atomic E-state index is 0.000969. The van der Waals surface area contributed by atoms with Gasteiger partial charge in [-0.15, -0.1) is 11.8 Å². The maximum atomic E-state index is 15.1. The van der Waals surface area contributed by atoms with Gasteiger partial charge in [-0.25, -0.2) is 0 Å². The molecule has 0 saturated carbocycles. The summed E-state index contributed by atoms with van der Waals surface area (Å²) in [6, 6.07) is 16.0. The van der Waals surface area contributed by atoms with Crippen molar-refractivity contribution in [3.05, 3.63) is 105 Å². The molecule has 7 aliphatic rings. The molecule has 4 aromatic carbocycles. The molecule has 8 heterocycles. The Labute approximate surface area is 368 Å². The van der Waals surface area contributed by atoms with E-state index in [2.05, 4.69) is 32.2 Å². The molecule has 0 radical (unpaired) electrons. The summed E-state index contributed by atoms with van der Waals surface area (Å²) in [7, 11) is 3.55. The van der Waals surface area contributed by atoms with Crippen molar-refractivity contribution in [1.82, 2.24) is 20.1 Å². The fourth-order valence-corrected chi connectivity index (χ4v) is 13.2. The number of likely N-dealkylation sites (N-methyl/N-ethyl adjacent to an activating group) is 1. The highest BCUT2D eigenvalue weighted by atomic mass is 32.2. The number of methoxy groups -OCH3 is 1. The second-order valence-corrected chi connectivity index (χ2v) is 18.7. The van der Waals surface area contributed by atoms with Gasteiger partial charge in [0, 0.05) is 64.1 Å². The average molecular weight is 875 g/mol. The summed E-state index contributed by atoms with van der Waals surface area (Å²) in [6.45, 7) is 5.86. The number of hydrogen-bond acceptors (Lipinski definition) is 14. The van der Waals surface area contributed by atoms with Crippen LogP contribution in [0, 0.1) is 13.8 Å². The zero-order valence-electron chi connectivity index (χ0n) is 35.8. The third kappa shape index (κ3) is 6.03. The number of esters is 1. The Bertz CT molecular complexity index is 2710. The molecule has 4 N–H and O–H groups in total. The van der Waals surface area contributed by atoms with E-state index in [1.54, 1.807) is 18.9 Å². The molecule has 12 rings (SSSR count). The number of thioether (sulfide) groups is 1. The van der Waals surface area contributed by atoms with E-state index in [0.717, 1.165) is 50.2 Å². The summed E-state index contributed by atoms with van der Waals surface area (Å²) >= 11 is 1.56. The van der Waals surface area contributed by atoms with Crippen molar-refractivity contribution in [2.45, 2.75) is 81.4 Å². The van der Waals surface area contributed by atoms with Crippen LogP contribution in [-0.4, -0.2) is 102 Å². The Morgan fingerprint density at radius 1 is 1.05 bits per heavy atom. The highest BCUT2D eigenvalue weighted by Gasteiger charge is 2.61. The number of nitrogens with zero attached hydrogens (tertiary/aromatic N) is 2. The molecule has 0 aliphatic carbocycles. The van der Waals surface area contributed by atoms with Crippen molar-refractivity contribution >= 4 is 34.4 Å². The lowest BCUT2D eigenvalue weighted by Gasteiger charge is -2.61. The maximum Gasteiger partial charge on any atom is 0.308 e. The number of hydrogen-bond donors (Lipinski definition) is 4. The molecule has 0 amide bonds. The van der Waals surface area contributed by atoms with Gasteiger partial charge in [-0.1, -0.05) is 36.4 Å². The Hall–Kier alpha value is -5.29. The number of aromatic nitrogens is 1. The predicted molar refractivity (Wildman–Crippen MR) is 234 cm³/mol. The second-order valence-electron chi connectivity index (χ2n) is 17.5. The number of rotatable bonds is 5. The maximum absolute atomic E-state index is 15.1. The first-order chi connectivity index (χ1) is 30.5. The van der Waals surface area contributed by atoms with Crippen LogP contribution in [0.25, 0.3) is 10.9 Å². The van der Waals surface area contributed by atoms with Crippen molar-refractivity contribution < 1.29 is 48.2 Å². The molecule has 15 heteroatoms. The van der Waals surface area contributed by atoms with Crippen molar-refractivity contribution in [3.8, 4) is 34.5 Å². The molecule has 2 saturated heterocycles. The standard InChI is InChI=1S/C48H50N4O10S/c1-23-15-27-16-32-47(56)52-33-19-58-20-34(54)48(46-29(13-14-49-48)30-17-28(11-12-31(30)50-46)59-18-26-9-7-6-8-10-26)21-63-45(39(52)38(51(32)4)35(27)40(55)41(23)57-5)37-36(33)44-43(60-22-61-44)24(2)42(37)62-25(3)53/h6-12,15,17,32-33,38-39,45,47,49-50,55-56H,13-14,16,18-22H2,1-5H3/t32-,33-,38+,39?,45+,47-,48-/m0/s1. The summed E-state index contributed by atoms with van der Waals surface area (Å²) in [4.78, 5) is 36.1. The Morgan fingerprint density at radius 3 is 2.65 bits per heavy atom. The van der Waals surface area contributed by atoms with E-state index in [-0.39, 0.29) is 43.3 Å². The quantitative estimate of drug-likeness (QED) is 0.124. The Kier molecular flexibility index (Phi) is 9.75. The van der Waals surface area contributed by atoms with Gasteiger partial charge >= 0.3 is 5.97 Å². The second kappa shape index (κ2) is 15.2. The number of carbonyl (C=O) groups is 2. The summed E-state index contributed by atoms with van der Waals surface area (Å²) in [6.07, 6.45) is 0.147. The number of Topliss-reactive ketones (excluding diaryl/α,β-unsaturated/α-hetero) is 1. The van der Waals surface area contributed by atoms with Crippen LogP contribution in [-0.2, 0) is 39.3 Å². The van der Waals surface area contributed by atoms with Gasteiger partial charge in [-0.2, -0.15) is 0 Å². The number of aliphatic hydroxyl groups excluding tert-OH is 1. The number of aromatic hydroxyl groups is 1. The lowest BCUT2D eigenvalue weighted by atomic mass is 9.73. The van der Waals surface area contributed by atoms with Gasteiger partial charge in [0.2, 0.25) is 6.79 Å². The number of benzene rings is 4. The summed E-state index contributed by atoms with van der Waals surface area (Å²) in [5, 5.41) is 29.0. The minimum atomic E-state index is -1.22. The smallest absolute Gasteiger partial charge is 0.308 e. The zero-order valence-corrected chi connectivity index (χ0v) is 36.6. The first kappa shape index (κ1) is 40.5. The van der Waals surface area contributed by atoms with Crippen LogP contribution in [0.3, 0.4) is 0 Å². The van der Waals surface area contributed by atoms with Gasteiger partial charge in [0.25, 0.3) is 0 Å². The van der Waals surface area contributed by atoms with E-state index >= 15 is 4.79 Å². The number of nitrogens with one attached hydrogen (secondary N) is 2. The van der Waals surface area contributed by atoms with E-state index < -0.39 is 41.1 Å². The van der Waals surface area contributed by atoms with Crippen molar-refractivity contribution in [2.24, 2.45) is 0 Å². The van der Waals surface area contributed by atoms with Crippen LogP contribution in [0.4, 0.5) is 0 Å². The number of aliphatic hydroxyl groups is 1. The highest BCUT2D eigenvalue weighted by molar-refractivity contribution is 7.99. The molecule has 7 atom stereocenters. The number of aryl methyl sites for hydroxylation is 1. The SMILES string of the molecule is COc1c(C)cc2c(c1O)[C@@H]1C3[C@@H]4SC[C@]5(NCCc6c5[nH]c5ccc(OCc7ccccc7)cc65)C(=O)COC[C@@H](c5c6c(c(C)c(OC(C)=O)c54)OCO6)N3[C@@H](O)[C@H](C2)N1C. The molecule has 5 aromatic rings. The van der Waals surface area contributed by atoms with Gasteiger partial charge < -0.3 is 43.6 Å². The van der Waals surface area contributed by atoms with Gasteiger partial charge in [0.1, 0.15) is 36.5 Å². The van der Waals surface area contributed by atoms with Crippen molar-refractivity contribution in [1.29, 1.82) is 0 Å².